The third kappa shape index (κ3) is 4.70. The summed E-state index contributed by atoms with van der Waals surface area (Å²) in [6.07, 6.45) is -4.75. The van der Waals surface area contributed by atoms with Gasteiger partial charge < -0.3 is 15.4 Å². The lowest BCUT2D eigenvalue weighted by atomic mass is 10.1. The molecule has 0 amide bonds. The van der Waals surface area contributed by atoms with Crippen LogP contribution >= 0.6 is 0 Å². The van der Waals surface area contributed by atoms with Crippen LogP contribution in [0.5, 0.6) is 5.75 Å². The summed E-state index contributed by atoms with van der Waals surface area (Å²) < 4.78 is 41.5. The average Bonchev–Trinajstić information content (AvgIpc) is 2.64. The Bertz CT molecular complexity index is 989. The van der Waals surface area contributed by atoms with Gasteiger partial charge in [0.05, 0.1) is 5.69 Å². The summed E-state index contributed by atoms with van der Waals surface area (Å²) in [6.45, 7) is 4.01. The summed E-state index contributed by atoms with van der Waals surface area (Å²) in [7, 11) is 1.67. The highest BCUT2D eigenvalue weighted by molar-refractivity contribution is 5.69. The SMILES string of the molecule is CNc1nc(Nc2cccc(C)c2C)cc(-c2cccc(OC(F)(F)F)c2)n1. The van der Waals surface area contributed by atoms with Crippen LogP contribution in [0.4, 0.5) is 30.6 Å². The van der Waals surface area contributed by atoms with E-state index in [0.29, 0.717) is 23.0 Å². The lowest BCUT2D eigenvalue weighted by molar-refractivity contribution is -0.274. The van der Waals surface area contributed by atoms with Crippen LogP contribution in [0.15, 0.2) is 48.5 Å². The molecule has 0 atom stereocenters. The van der Waals surface area contributed by atoms with Crippen molar-refractivity contribution in [3.63, 3.8) is 0 Å². The van der Waals surface area contributed by atoms with Crippen LogP contribution in [0.3, 0.4) is 0 Å². The summed E-state index contributed by atoms with van der Waals surface area (Å²) in [5.41, 5.74) is 4.03. The molecule has 0 aliphatic rings. The van der Waals surface area contributed by atoms with Crippen molar-refractivity contribution in [2.24, 2.45) is 0 Å². The van der Waals surface area contributed by atoms with Crippen molar-refractivity contribution in [1.82, 2.24) is 9.97 Å². The molecule has 1 heterocycles. The third-order valence-electron chi connectivity index (χ3n) is 4.18. The van der Waals surface area contributed by atoms with E-state index in [1.165, 1.54) is 18.2 Å². The van der Waals surface area contributed by atoms with Gasteiger partial charge in [0.2, 0.25) is 5.95 Å². The highest BCUT2D eigenvalue weighted by Gasteiger charge is 2.31. The Morgan fingerprint density at radius 3 is 2.43 bits per heavy atom. The number of nitrogens with zero attached hydrogens (tertiary/aromatic N) is 2. The molecule has 2 aromatic carbocycles. The first-order chi connectivity index (χ1) is 13.2. The molecule has 0 aliphatic carbocycles. The van der Waals surface area contributed by atoms with Crippen molar-refractivity contribution in [1.29, 1.82) is 0 Å². The van der Waals surface area contributed by atoms with E-state index in [4.69, 9.17) is 0 Å². The molecule has 8 heteroatoms. The van der Waals surface area contributed by atoms with E-state index in [0.717, 1.165) is 16.8 Å². The van der Waals surface area contributed by atoms with Crippen LogP contribution in [0.2, 0.25) is 0 Å². The molecule has 0 saturated heterocycles. The lowest BCUT2D eigenvalue weighted by Crippen LogP contribution is -2.17. The number of nitrogens with one attached hydrogen (secondary N) is 2. The Balaban J connectivity index is 1.98. The number of aryl methyl sites for hydroxylation is 1. The Hall–Kier alpha value is -3.29. The number of aromatic nitrogens is 2. The first kappa shape index (κ1) is 19.5. The minimum absolute atomic E-state index is 0.307. The first-order valence-electron chi connectivity index (χ1n) is 8.51. The standard InChI is InChI=1S/C20H19F3N4O/c1-12-6-4-9-16(13(12)2)25-18-11-17(26-19(24-3)27-18)14-7-5-8-15(10-14)28-20(21,22)23/h4-11H,1-3H3,(H2,24,25,26,27). The molecule has 0 bridgehead atoms. The maximum atomic E-state index is 12.5. The summed E-state index contributed by atoms with van der Waals surface area (Å²) >= 11 is 0. The van der Waals surface area contributed by atoms with Crippen LogP contribution in [0, 0.1) is 13.8 Å². The van der Waals surface area contributed by atoms with E-state index < -0.39 is 6.36 Å². The number of benzene rings is 2. The number of anilines is 3. The van der Waals surface area contributed by atoms with Crippen molar-refractivity contribution in [3.8, 4) is 17.0 Å². The fraction of sp³-hybridized carbons (Fsp3) is 0.200. The summed E-state index contributed by atoms with van der Waals surface area (Å²) in [5, 5.41) is 6.12. The highest BCUT2D eigenvalue weighted by atomic mass is 19.4. The molecule has 1 aromatic heterocycles. The molecule has 0 unspecified atom stereocenters. The average molecular weight is 388 g/mol. The monoisotopic (exact) mass is 388 g/mol. The first-order valence-corrected chi connectivity index (χ1v) is 8.51. The molecule has 0 aliphatic heterocycles. The van der Waals surface area contributed by atoms with E-state index in [9.17, 15) is 13.2 Å². The fourth-order valence-corrected chi connectivity index (χ4v) is 2.65. The zero-order chi connectivity index (χ0) is 20.3. The molecule has 0 radical (unpaired) electrons. The molecule has 3 aromatic rings. The Morgan fingerprint density at radius 1 is 0.964 bits per heavy atom. The maximum absolute atomic E-state index is 12.5. The number of halogens is 3. The van der Waals surface area contributed by atoms with Gasteiger partial charge in [0.1, 0.15) is 11.6 Å². The second-order valence-electron chi connectivity index (χ2n) is 6.16. The quantitative estimate of drug-likeness (QED) is 0.609. The second-order valence-corrected chi connectivity index (χ2v) is 6.16. The van der Waals surface area contributed by atoms with Crippen LogP contribution in [-0.2, 0) is 0 Å². The predicted octanol–water partition coefficient (Wildman–Crippen LogP) is 5.44. The van der Waals surface area contributed by atoms with Gasteiger partial charge in [0, 0.05) is 24.4 Å². The van der Waals surface area contributed by atoms with E-state index in [2.05, 4.69) is 25.3 Å². The molecule has 0 fully saturated rings. The van der Waals surface area contributed by atoms with Crippen molar-refractivity contribution in [3.05, 3.63) is 59.7 Å². The van der Waals surface area contributed by atoms with Gasteiger partial charge in [-0.1, -0.05) is 24.3 Å². The number of rotatable bonds is 5. The highest BCUT2D eigenvalue weighted by Crippen LogP contribution is 2.30. The maximum Gasteiger partial charge on any atom is 0.573 e. The number of alkyl halides is 3. The largest absolute Gasteiger partial charge is 0.573 e. The Labute approximate surface area is 160 Å². The van der Waals surface area contributed by atoms with Crippen LogP contribution in [0.1, 0.15) is 11.1 Å². The Kier molecular flexibility index (Phi) is 5.39. The van der Waals surface area contributed by atoms with E-state index in [1.807, 2.05) is 32.0 Å². The van der Waals surface area contributed by atoms with E-state index in [-0.39, 0.29) is 5.75 Å². The van der Waals surface area contributed by atoms with E-state index in [1.54, 1.807) is 19.2 Å². The molecular weight excluding hydrogens is 369 g/mol. The third-order valence-corrected chi connectivity index (χ3v) is 4.18. The molecule has 28 heavy (non-hydrogen) atoms. The molecular formula is C20H19F3N4O. The van der Waals surface area contributed by atoms with Gasteiger partial charge in [-0.2, -0.15) is 4.98 Å². The molecule has 0 saturated carbocycles. The minimum atomic E-state index is -4.75. The van der Waals surface area contributed by atoms with Gasteiger partial charge in [-0.15, -0.1) is 13.2 Å². The van der Waals surface area contributed by atoms with Crippen molar-refractivity contribution in [2.45, 2.75) is 20.2 Å². The van der Waals surface area contributed by atoms with Gasteiger partial charge in [-0.3, -0.25) is 0 Å². The molecule has 0 spiro atoms. The molecule has 2 N–H and O–H groups in total. The van der Waals surface area contributed by atoms with Gasteiger partial charge in [0.25, 0.3) is 0 Å². The number of hydrogen-bond donors (Lipinski definition) is 2. The smallest absolute Gasteiger partial charge is 0.406 e. The molecule has 3 rings (SSSR count). The van der Waals surface area contributed by atoms with Gasteiger partial charge in [0.15, 0.2) is 0 Å². The van der Waals surface area contributed by atoms with E-state index >= 15 is 0 Å². The fourth-order valence-electron chi connectivity index (χ4n) is 2.65. The lowest BCUT2D eigenvalue weighted by Gasteiger charge is -2.14. The number of ether oxygens (including phenoxy) is 1. The van der Waals surface area contributed by atoms with Gasteiger partial charge >= 0.3 is 6.36 Å². The molecule has 146 valence electrons. The summed E-state index contributed by atoms with van der Waals surface area (Å²) in [4.78, 5) is 8.72. The zero-order valence-electron chi connectivity index (χ0n) is 15.6. The van der Waals surface area contributed by atoms with Crippen LogP contribution in [-0.4, -0.2) is 23.4 Å². The minimum Gasteiger partial charge on any atom is -0.406 e. The topological polar surface area (TPSA) is 59.1 Å². The summed E-state index contributed by atoms with van der Waals surface area (Å²) in [5.74, 6) is 0.552. The van der Waals surface area contributed by atoms with Crippen molar-refractivity contribution in [2.75, 3.05) is 17.7 Å². The van der Waals surface area contributed by atoms with Crippen molar-refractivity contribution >= 4 is 17.5 Å². The second kappa shape index (κ2) is 7.75. The van der Waals surface area contributed by atoms with Gasteiger partial charge in [-0.05, 0) is 43.2 Å². The number of hydrogen-bond acceptors (Lipinski definition) is 5. The van der Waals surface area contributed by atoms with Gasteiger partial charge in [-0.25, -0.2) is 4.98 Å². The zero-order valence-corrected chi connectivity index (χ0v) is 15.6. The normalized spacial score (nSPS) is 11.2. The Morgan fingerprint density at radius 2 is 1.71 bits per heavy atom. The van der Waals surface area contributed by atoms with Crippen LogP contribution < -0.4 is 15.4 Å². The van der Waals surface area contributed by atoms with Crippen LogP contribution in [0.25, 0.3) is 11.3 Å². The van der Waals surface area contributed by atoms with Crippen molar-refractivity contribution < 1.29 is 17.9 Å². The predicted molar refractivity (Wildman–Crippen MR) is 103 cm³/mol. The summed E-state index contributed by atoms with van der Waals surface area (Å²) in [6, 6.07) is 13.2. The molecule has 5 nitrogen and oxygen atoms in total.